The first-order chi connectivity index (χ1) is 12.7. The summed E-state index contributed by atoms with van der Waals surface area (Å²) in [4.78, 5) is 12.7. The van der Waals surface area contributed by atoms with Crippen molar-refractivity contribution in [3.05, 3.63) is 40.2 Å². The molecule has 0 aromatic carbocycles. The van der Waals surface area contributed by atoms with Gasteiger partial charge in [0.05, 0.1) is 23.9 Å². The van der Waals surface area contributed by atoms with Crippen LogP contribution in [0.2, 0.25) is 0 Å². The number of aryl methyl sites for hydroxylation is 1. The van der Waals surface area contributed by atoms with Crippen molar-refractivity contribution in [2.75, 3.05) is 33.3 Å². The zero-order valence-electron chi connectivity index (χ0n) is 16.0. The summed E-state index contributed by atoms with van der Waals surface area (Å²) in [5.41, 5.74) is 0. The zero-order valence-corrected chi connectivity index (χ0v) is 19.2. The summed E-state index contributed by atoms with van der Waals surface area (Å²) in [6.45, 7) is 5.34. The van der Waals surface area contributed by atoms with Gasteiger partial charge in [0, 0.05) is 50.7 Å². The van der Waals surface area contributed by atoms with Gasteiger partial charge in [-0.25, -0.2) is 4.98 Å². The van der Waals surface area contributed by atoms with E-state index in [4.69, 9.17) is 14.1 Å². The highest BCUT2D eigenvalue weighted by atomic mass is 127. The van der Waals surface area contributed by atoms with Crippen molar-refractivity contribution in [1.82, 2.24) is 15.2 Å². The van der Waals surface area contributed by atoms with E-state index in [-0.39, 0.29) is 30.1 Å². The van der Waals surface area contributed by atoms with Crippen molar-refractivity contribution in [1.29, 1.82) is 0 Å². The molecule has 1 saturated heterocycles. The molecule has 2 aromatic rings. The highest BCUT2D eigenvalue weighted by molar-refractivity contribution is 14.0. The van der Waals surface area contributed by atoms with E-state index in [1.165, 1.54) is 9.88 Å². The Morgan fingerprint density at radius 1 is 1.44 bits per heavy atom. The number of thiazole rings is 1. The molecule has 150 valence electrons. The Hall–Kier alpha value is -1.13. The maximum atomic E-state index is 5.70. The van der Waals surface area contributed by atoms with Gasteiger partial charge in [-0.1, -0.05) is 0 Å². The Labute approximate surface area is 182 Å². The molecule has 0 bridgehead atoms. The van der Waals surface area contributed by atoms with E-state index in [9.17, 15) is 0 Å². The van der Waals surface area contributed by atoms with Crippen LogP contribution in [0.5, 0.6) is 0 Å². The average Bonchev–Trinajstić information content (AvgIpc) is 3.38. The van der Waals surface area contributed by atoms with Crippen molar-refractivity contribution in [2.24, 2.45) is 4.99 Å². The van der Waals surface area contributed by atoms with E-state index in [0.29, 0.717) is 6.54 Å². The van der Waals surface area contributed by atoms with Crippen molar-refractivity contribution >= 4 is 41.3 Å². The SMILES string of the molecule is Cc1cnc(CCN(C)C(=NCC2CCCO2)NCCc2ccco2)s1.I. The van der Waals surface area contributed by atoms with Crippen molar-refractivity contribution in [2.45, 2.75) is 38.7 Å². The van der Waals surface area contributed by atoms with Crippen LogP contribution in [-0.2, 0) is 17.6 Å². The minimum absolute atomic E-state index is 0. The molecule has 1 atom stereocenters. The Kier molecular flexibility index (Phi) is 9.57. The predicted molar refractivity (Wildman–Crippen MR) is 120 cm³/mol. The quantitative estimate of drug-likeness (QED) is 0.339. The average molecular weight is 504 g/mol. The number of ether oxygens (including phenoxy) is 1. The van der Waals surface area contributed by atoms with Gasteiger partial charge in [0.15, 0.2) is 5.96 Å². The van der Waals surface area contributed by atoms with Gasteiger partial charge < -0.3 is 19.4 Å². The Morgan fingerprint density at radius 2 is 2.33 bits per heavy atom. The van der Waals surface area contributed by atoms with Crippen LogP contribution in [0, 0.1) is 6.92 Å². The number of furan rings is 1. The largest absolute Gasteiger partial charge is 0.469 e. The normalized spacial score (nSPS) is 17.0. The molecule has 1 unspecified atom stereocenters. The highest BCUT2D eigenvalue weighted by Gasteiger charge is 2.16. The third-order valence-electron chi connectivity index (χ3n) is 4.40. The van der Waals surface area contributed by atoms with E-state index in [1.54, 1.807) is 17.6 Å². The minimum atomic E-state index is 0. The van der Waals surface area contributed by atoms with Crippen LogP contribution in [0.25, 0.3) is 0 Å². The third kappa shape index (κ3) is 7.42. The Morgan fingerprint density at radius 3 is 3.00 bits per heavy atom. The second-order valence-electron chi connectivity index (χ2n) is 6.59. The van der Waals surface area contributed by atoms with Crippen molar-refractivity contribution in [3.8, 4) is 0 Å². The molecular weight excluding hydrogens is 475 g/mol. The van der Waals surface area contributed by atoms with Gasteiger partial charge >= 0.3 is 0 Å². The smallest absolute Gasteiger partial charge is 0.193 e. The van der Waals surface area contributed by atoms with Crippen molar-refractivity contribution in [3.63, 3.8) is 0 Å². The lowest BCUT2D eigenvalue weighted by atomic mass is 10.2. The first kappa shape index (κ1) is 22.2. The monoisotopic (exact) mass is 504 g/mol. The first-order valence-corrected chi connectivity index (χ1v) is 10.1. The standard InChI is InChI=1S/C19H28N4O2S.HI/c1-15-13-21-18(26-15)8-10-23(2)19(22-14-17-6-4-12-25-17)20-9-7-16-5-3-11-24-16;/h3,5,11,13,17H,4,6-10,12,14H2,1-2H3,(H,20,22);1H. The Balaban J connectivity index is 0.00000261. The maximum absolute atomic E-state index is 5.70. The molecule has 0 amide bonds. The molecule has 8 heteroatoms. The molecule has 1 N–H and O–H groups in total. The number of halogens is 1. The minimum Gasteiger partial charge on any atom is -0.469 e. The van der Waals surface area contributed by atoms with E-state index >= 15 is 0 Å². The number of rotatable bonds is 8. The Bertz CT molecular complexity index is 684. The number of aromatic nitrogens is 1. The fourth-order valence-corrected chi connectivity index (χ4v) is 3.70. The van der Waals surface area contributed by atoms with Crippen LogP contribution < -0.4 is 5.32 Å². The van der Waals surface area contributed by atoms with E-state index in [2.05, 4.69) is 29.2 Å². The van der Waals surface area contributed by atoms with E-state index < -0.39 is 0 Å². The zero-order chi connectivity index (χ0) is 18.2. The summed E-state index contributed by atoms with van der Waals surface area (Å²) >= 11 is 1.76. The topological polar surface area (TPSA) is 62.9 Å². The summed E-state index contributed by atoms with van der Waals surface area (Å²) in [5.74, 6) is 1.90. The summed E-state index contributed by atoms with van der Waals surface area (Å²) in [6.07, 6.45) is 7.91. The molecule has 0 radical (unpaired) electrons. The molecule has 27 heavy (non-hydrogen) atoms. The van der Waals surface area contributed by atoms with Gasteiger partial charge in [0.1, 0.15) is 5.76 Å². The van der Waals surface area contributed by atoms with Crippen LogP contribution in [0.15, 0.2) is 34.0 Å². The number of hydrogen-bond acceptors (Lipinski definition) is 5. The molecule has 1 aliphatic rings. The molecule has 3 rings (SSSR count). The predicted octanol–water partition coefficient (Wildman–Crippen LogP) is 3.50. The lowest BCUT2D eigenvalue weighted by molar-refractivity contribution is 0.117. The van der Waals surface area contributed by atoms with Gasteiger partial charge in [-0.15, -0.1) is 35.3 Å². The van der Waals surface area contributed by atoms with E-state index in [1.807, 2.05) is 18.3 Å². The third-order valence-corrected chi connectivity index (χ3v) is 5.37. The van der Waals surface area contributed by atoms with E-state index in [0.717, 1.165) is 57.1 Å². The fourth-order valence-electron chi connectivity index (χ4n) is 2.93. The number of nitrogens with one attached hydrogen (secondary N) is 1. The molecule has 1 aliphatic heterocycles. The summed E-state index contributed by atoms with van der Waals surface area (Å²) < 4.78 is 11.1. The summed E-state index contributed by atoms with van der Waals surface area (Å²) in [5, 5.41) is 4.64. The number of likely N-dealkylation sites (N-methyl/N-ethyl adjacent to an activating group) is 1. The second kappa shape index (κ2) is 11.7. The molecule has 3 heterocycles. The second-order valence-corrected chi connectivity index (χ2v) is 7.91. The van der Waals surface area contributed by atoms with Crippen LogP contribution in [0.3, 0.4) is 0 Å². The number of guanidine groups is 1. The molecule has 0 saturated carbocycles. The fraction of sp³-hybridized carbons (Fsp3) is 0.579. The number of hydrogen-bond donors (Lipinski definition) is 1. The highest BCUT2D eigenvalue weighted by Crippen LogP contribution is 2.13. The molecule has 1 fully saturated rings. The van der Waals surface area contributed by atoms with Gasteiger partial charge in [-0.3, -0.25) is 4.99 Å². The van der Waals surface area contributed by atoms with Crippen LogP contribution in [-0.4, -0.2) is 55.2 Å². The molecular formula is C19H29IN4O2S. The first-order valence-electron chi connectivity index (χ1n) is 9.25. The number of nitrogens with zero attached hydrogens (tertiary/aromatic N) is 3. The lowest BCUT2D eigenvalue weighted by Gasteiger charge is -2.22. The lowest BCUT2D eigenvalue weighted by Crippen LogP contribution is -2.41. The molecule has 0 aliphatic carbocycles. The molecule has 0 spiro atoms. The molecule has 2 aromatic heterocycles. The number of aliphatic imine (C=N–C) groups is 1. The van der Waals surface area contributed by atoms with Gasteiger partial charge in [0.25, 0.3) is 0 Å². The van der Waals surface area contributed by atoms with Gasteiger partial charge in [-0.05, 0) is 31.9 Å². The van der Waals surface area contributed by atoms with Crippen molar-refractivity contribution < 1.29 is 9.15 Å². The van der Waals surface area contributed by atoms with Crippen LogP contribution in [0.1, 0.15) is 28.5 Å². The van der Waals surface area contributed by atoms with Gasteiger partial charge in [-0.2, -0.15) is 0 Å². The van der Waals surface area contributed by atoms with Crippen LogP contribution in [0.4, 0.5) is 0 Å². The van der Waals surface area contributed by atoms with Gasteiger partial charge in [0.2, 0.25) is 0 Å². The summed E-state index contributed by atoms with van der Waals surface area (Å²) in [6, 6.07) is 3.92. The summed E-state index contributed by atoms with van der Waals surface area (Å²) in [7, 11) is 2.08. The molecule has 6 nitrogen and oxygen atoms in total. The van der Waals surface area contributed by atoms with Crippen LogP contribution >= 0.6 is 35.3 Å². The maximum Gasteiger partial charge on any atom is 0.193 e.